The zero-order valence-corrected chi connectivity index (χ0v) is 13.3. The van der Waals surface area contributed by atoms with Crippen molar-refractivity contribution in [3.8, 4) is 0 Å². The van der Waals surface area contributed by atoms with Crippen LogP contribution in [0.15, 0.2) is 18.2 Å². The van der Waals surface area contributed by atoms with Gasteiger partial charge in [0, 0.05) is 12.1 Å². The van der Waals surface area contributed by atoms with Crippen LogP contribution in [0, 0.1) is 0 Å². The van der Waals surface area contributed by atoms with E-state index in [2.05, 4.69) is 28.5 Å². The van der Waals surface area contributed by atoms with E-state index in [0.29, 0.717) is 18.0 Å². The number of rotatable bonds is 2. The molecule has 2 atom stereocenters. The number of piperidine rings is 1. The van der Waals surface area contributed by atoms with Crippen LogP contribution >= 0.6 is 23.2 Å². The minimum Gasteiger partial charge on any atom is -0.305 e. The highest BCUT2D eigenvalue weighted by molar-refractivity contribution is 6.35. The average molecular weight is 312 g/mol. The molecule has 20 heavy (non-hydrogen) atoms. The molecule has 1 aromatic heterocycles. The monoisotopic (exact) mass is 311 g/mol. The van der Waals surface area contributed by atoms with Crippen LogP contribution in [-0.4, -0.2) is 21.7 Å². The highest BCUT2D eigenvalue weighted by Gasteiger charge is 2.28. The largest absolute Gasteiger partial charge is 0.305 e. The van der Waals surface area contributed by atoms with Crippen LogP contribution in [-0.2, 0) is 5.88 Å². The van der Waals surface area contributed by atoms with E-state index in [1.54, 1.807) is 0 Å². The van der Waals surface area contributed by atoms with Crippen LogP contribution in [0.25, 0.3) is 11.0 Å². The Hall–Kier alpha value is -0.930. The van der Waals surface area contributed by atoms with Gasteiger partial charge in [0.15, 0.2) is 0 Å². The molecule has 3 rings (SSSR count). The highest BCUT2D eigenvalue weighted by Crippen LogP contribution is 2.30. The lowest BCUT2D eigenvalue weighted by Gasteiger charge is -2.42. The molecule has 1 aliphatic rings. The van der Waals surface area contributed by atoms with E-state index in [0.717, 1.165) is 21.9 Å². The second kappa shape index (κ2) is 5.45. The van der Waals surface area contributed by atoms with Crippen molar-refractivity contribution in [1.82, 2.24) is 9.66 Å². The fraction of sp³-hybridized carbons (Fsp3) is 0.533. The first-order valence-electron chi connectivity index (χ1n) is 7.14. The molecule has 1 aromatic carbocycles. The number of nitrogens with zero attached hydrogens (tertiary/aromatic N) is 3. The van der Waals surface area contributed by atoms with Crippen LogP contribution in [0.2, 0.25) is 5.02 Å². The number of aromatic nitrogens is 2. The van der Waals surface area contributed by atoms with Gasteiger partial charge in [0.25, 0.3) is 0 Å². The summed E-state index contributed by atoms with van der Waals surface area (Å²) < 4.78 is 2.15. The van der Waals surface area contributed by atoms with Crippen molar-refractivity contribution in [3.63, 3.8) is 0 Å². The minimum absolute atomic E-state index is 0.390. The second-order valence-electron chi connectivity index (χ2n) is 5.59. The quantitative estimate of drug-likeness (QED) is 0.770. The molecule has 2 aromatic rings. The highest BCUT2D eigenvalue weighted by atomic mass is 35.5. The predicted octanol–water partition coefficient (Wildman–Crippen LogP) is 4.33. The summed E-state index contributed by atoms with van der Waals surface area (Å²) in [6.45, 7) is 4.52. The summed E-state index contributed by atoms with van der Waals surface area (Å²) in [5.74, 6) is 1.26. The smallest absolute Gasteiger partial charge is 0.143 e. The lowest BCUT2D eigenvalue weighted by Crippen LogP contribution is -2.51. The molecular weight excluding hydrogens is 293 g/mol. The average Bonchev–Trinajstić information content (AvgIpc) is 2.79. The Morgan fingerprint density at radius 3 is 2.60 bits per heavy atom. The van der Waals surface area contributed by atoms with Crippen molar-refractivity contribution in [3.05, 3.63) is 29.0 Å². The van der Waals surface area contributed by atoms with Gasteiger partial charge in [0.1, 0.15) is 11.3 Å². The topological polar surface area (TPSA) is 21.1 Å². The van der Waals surface area contributed by atoms with E-state index >= 15 is 0 Å². The summed E-state index contributed by atoms with van der Waals surface area (Å²) in [6.07, 6.45) is 3.65. The third-order valence-corrected chi connectivity index (χ3v) is 4.71. The second-order valence-corrected chi connectivity index (χ2v) is 6.26. The molecule has 5 heteroatoms. The number of hydrogen-bond donors (Lipinski definition) is 0. The minimum atomic E-state index is 0.390. The zero-order chi connectivity index (χ0) is 14.3. The first kappa shape index (κ1) is 14.0. The molecule has 3 nitrogen and oxygen atoms in total. The normalized spacial score (nSPS) is 23.5. The van der Waals surface area contributed by atoms with Crippen molar-refractivity contribution in [1.29, 1.82) is 0 Å². The van der Waals surface area contributed by atoms with Crippen molar-refractivity contribution in [2.24, 2.45) is 0 Å². The number of alkyl halides is 1. The van der Waals surface area contributed by atoms with Gasteiger partial charge < -0.3 is 5.01 Å². The summed E-state index contributed by atoms with van der Waals surface area (Å²) in [5.41, 5.74) is 1.89. The molecule has 0 bridgehead atoms. The Morgan fingerprint density at radius 1 is 1.25 bits per heavy atom. The summed E-state index contributed by atoms with van der Waals surface area (Å²) in [4.78, 5) is 4.64. The van der Waals surface area contributed by atoms with Crippen LogP contribution in [0.5, 0.6) is 0 Å². The molecule has 0 aliphatic carbocycles. The molecule has 1 saturated heterocycles. The molecule has 0 radical (unpaired) electrons. The number of fused-ring (bicyclic) bond motifs is 1. The molecule has 0 N–H and O–H groups in total. The lowest BCUT2D eigenvalue weighted by molar-refractivity contribution is 0.337. The van der Waals surface area contributed by atoms with E-state index < -0.39 is 0 Å². The van der Waals surface area contributed by atoms with Crippen LogP contribution in [0.3, 0.4) is 0 Å². The third-order valence-electron chi connectivity index (χ3n) is 4.17. The first-order valence-corrected chi connectivity index (χ1v) is 8.05. The van der Waals surface area contributed by atoms with Gasteiger partial charge in [-0.15, -0.1) is 11.6 Å². The van der Waals surface area contributed by atoms with Gasteiger partial charge in [-0.05, 0) is 45.2 Å². The van der Waals surface area contributed by atoms with Gasteiger partial charge >= 0.3 is 0 Å². The van der Waals surface area contributed by atoms with Crippen molar-refractivity contribution < 1.29 is 0 Å². The molecule has 108 valence electrons. The summed E-state index contributed by atoms with van der Waals surface area (Å²) in [7, 11) is 0. The molecule has 2 heterocycles. The van der Waals surface area contributed by atoms with Gasteiger partial charge in [0.05, 0.1) is 16.4 Å². The van der Waals surface area contributed by atoms with E-state index in [9.17, 15) is 0 Å². The molecule has 0 saturated carbocycles. The zero-order valence-electron chi connectivity index (χ0n) is 11.8. The Labute approximate surface area is 129 Å². The van der Waals surface area contributed by atoms with E-state index in [1.165, 1.54) is 19.3 Å². The number of benzene rings is 1. The number of hydrogen-bond acceptors (Lipinski definition) is 2. The third kappa shape index (κ3) is 2.17. The maximum Gasteiger partial charge on any atom is 0.143 e. The summed E-state index contributed by atoms with van der Waals surface area (Å²) in [6, 6.07) is 6.78. The maximum absolute atomic E-state index is 6.42. The van der Waals surface area contributed by atoms with Gasteiger partial charge in [-0.2, -0.15) is 0 Å². The van der Waals surface area contributed by atoms with Crippen molar-refractivity contribution in [2.45, 2.75) is 51.1 Å². The SMILES string of the molecule is CC1CCCC(C)N1n1c(CCl)nc2cccc(Cl)c21. The van der Waals surface area contributed by atoms with Crippen molar-refractivity contribution >= 4 is 34.2 Å². The first-order chi connectivity index (χ1) is 9.63. The van der Waals surface area contributed by atoms with Gasteiger partial charge in [-0.25, -0.2) is 9.66 Å². The van der Waals surface area contributed by atoms with E-state index in [1.807, 2.05) is 18.2 Å². The van der Waals surface area contributed by atoms with Crippen LogP contribution in [0.4, 0.5) is 0 Å². The Balaban J connectivity index is 2.23. The standard InChI is InChI=1S/C15H19Cl2N3/c1-10-5-3-6-11(2)19(10)20-14(9-16)18-13-8-4-7-12(17)15(13)20/h4,7-8,10-11H,3,5-6,9H2,1-2H3. The molecule has 1 fully saturated rings. The molecule has 0 spiro atoms. The lowest BCUT2D eigenvalue weighted by atomic mass is 10.00. The summed E-state index contributed by atoms with van der Waals surface area (Å²) in [5, 5.41) is 3.12. The number of halogens is 2. The molecule has 0 amide bonds. The number of imidazole rings is 1. The predicted molar refractivity (Wildman–Crippen MR) is 85.3 cm³/mol. The Bertz CT molecular complexity index is 613. The fourth-order valence-electron chi connectivity index (χ4n) is 3.26. The van der Waals surface area contributed by atoms with Gasteiger partial charge in [0.2, 0.25) is 0 Å². The fourth-order valence-corrected chi connectivity index (χ4v) is 3.68. The number of para-hydroxylation sites is 1. The van der Waals surface area contributed by atoms with E-state index in [-0.39, 0.29) is 0 Å². The molecule has 2 unspecified atom stereocenters. The molecule has 1 aliphatic heterocycles. The Morgan fingerprint density at radius 2 is 1.95 bits per heavy atom. The summed E-state index contributed by atoms with van der Waals surface area (Å²) >= 11 is 12.5. The molecular formula is C15H19Cl2N3. The van der Waals surface area contributed by atoms with E-state index in [4.69, 9.17) is 23.2 Å². The van der Waals surface area contributed by atoms with Crippen LogP contribution in [0.1, 0.15) is 38.9 Å². The van der Waals surface area contributed by atoms with Gasteiger partial charge in [-0.1, -0.05) is 17.7 Å². The maximum atomic E-state index is 6.42. The van der Waals surface area contributed by atoms with Crippen molar-refractivity contribution in [2.75, 3.05) is 5.01 Å². The van der Waals surface area contributed by atoms with Crippen LogP contribution < -0.4 is 5.01 Å². The Kier molecular flexibility index (Phi) is 3.83. The van der Waals surface area contributed by atoms with Gasteiger partial charge in [-0.3, -0.25) is 0 Å².